The zero-order valence-electron chi connectivity index (χ0n) is 14.0. The summed E-state index contributed by atoms with van der Waals surface area (Å²) in [7, 11) is 1.98. The number of aryl methyl sites for hydroxylation is 3. The first kappa shape index (κ1) is 16.1. The fourth-order valence-electron chi connectivity index (χ4n) is 3.26. The topological polar surface area (TPSA) is 61.8 Å². The van der Waals surface area contributed by atoms with E-state index < -0.39 is 6.17 Å². The first-order chi connectivity index (χ1) is 11.0. The van der Waals surface area contributed by atoms with E-state index in [2.05, 4.69) is 25.4 Å². The minimum atomic E-state index is -0.750. The Bertz CT molecular complexity index is 629. The SMILES string of the molecule is Cc1n[nH]c(C)c1CNC[C@@H]1C[C@H](F)CN1Cc1nccn1C. The van der Waals surface area contributed by atoms with Gasteiger partial charge in [-0.3, -0.25) is 10.00 Å². The number of hydrogen-bond acceptors (Lipinski definition) is 4. The van der Waals surface area contributed by atoms with E-state index in [1.165, 1.54) is 5.56 Å². The highest BCUT2D eigenvalue weighted by atomic mass is 19.1. The Morgan fingerprint density at radius 3 is 2.91 bits per heavy atom. The smallest absolute Gasteiger partial charge is 0.122 e. The van der Waals surface area contributed by atoms with Gasteiger partial charge < -0.3 is 9.88 Å². The molecule has 0 radical (unpaired) electrons. The highest BCUT2D eigenvalue weighted by Crippen LogP contribution is 2.22. The molecule has 0 aromatic carbocycles. The van der Waals surface area contributed by atoms with Gasteiger partial charge in [-0.1, -0.05) is 0 Å². The fraction of sp³-hybridized carbons (Fsp3) is 0.625. The molecule has 2 aromatic heterocycles. The molecule has 6 nitrogen and oxygen atoms in total. The molecule has 0 aliphatic carbocycles. The van der Waals surface area contributed by atoms with Crippen molar-refractivity contribution in [1.29, 1.82) is 0 Å². The third-order valence-corrected chi connectivity index (χ3v) is 4.70. The lowest BCUT2D eigenvalue weighted by Crippen LogP contribution is -2.38. The van der Waals surface area contributed by atoms with Crippen LogP contribution in [-0.4, -0.2) is 50.0 Å². The van der Waals surface area contributed by atoms with Crippen LogP contribution in [0, 0.1) is 13.8 Å². The Balaban J connectivity index is 1.56. The third kappa shape index (κ3) is 3.61. The van der Waals surface area contributed by atoms with Crippen LogP contribution in [0.3, 0.4) is 0 Å². The van der Waals surface area contributed by atoms with Crippen LogP contribution in [0.5, 0.6) is 0 Å². The van der Waals surface area contributed by atoms with Crippen LogP contribution < -0.4 is 5.32 Å². The summed E-state index contributed by atoms with van der Waals surface area (Å²) in [5, 5.41) is 10.7. The molecule has 2 aromatic rings. The van der Waals surface area contributed by atoms with E-state index in [1.807, 2.05) is 31.7 Å². The first-order valence-electron chi connectivity index (χ1n) is 8.10. The maximum atomic E-state index is 13.9. The van der Waals surface area contributed by atoms with Crippen LogP contribution in [0.2, 0.25) is 0 Å². The van der Waals surface area contributed by atoms with Gasteiger partial charge in [-0.2, -0.15) is 5.10 Å². The van der Waals surface area contributed by atoms with Crippen molar-refractivity contribution in [2.24, 2.45) is 7.05 Å². The molecule has 0 spiro atoms. The average molecular weight is 320 g/mol. The van der Waals surface area contributed by atoms with Gasteiger partial charge >= 0.3 is 0 Å². The van der Waals surface area contributed by atoms with Crippen LogP contribution in [0.4, 0.5) is 4.39 Å². The third-order valence-electron chi connectivity index (χ3n) is 4.70. The van der Waals surface area contributed by atoms with Gasteiger partial charge in [0.1, 0.15) is 12.0 Å². The molecular weight excluding hydrogens is 295 g/mol. The van der Waals surface area contributed by atoms with Crippen LogP contribution in [0.1, 0.15) is 29.2 Å². The number of alkyl halides is 1. The number of H-pyrrole nitrogens is 1. The molecule has 3 rings (SSSR count). The highest BCUT2D eigenvalue weighted by molar-refractivity contribution is 5.22. The van der Waals surface area contributed by atoms with Gasteiger partial charge in [0.25, 0.3) is 0 Å². The molecule has 1 aliphatic rings. The molecule has 0 saturated carbocycles. The van der Waals surface area contributed by atoms with Crippen LogP contribution in [0.15, 0.2) is 12.4 Å². The molecule has 1 aliphatic heterocycles. The van der Waals surface area contributed by atoms with Crippen LogP contribution in [-0.2, 0) is 20.1 Å². The number of aromatic amines is 1. The molecule has 1 fully saturated rings. The monoisotopic (exact) mass is 320 g/mol. The summed E-state index contributed by atoms with van der Waals surface area (Å²) in [6.07, 6.45) is 3.55. The maximum absolute atomic E-state index is 13.9. The Morgan fingerprint density at radius 1 is 1.43 bits per heavy atom. The van der Waals surface area contributed by atoms with Crippen molar-refractivity contribution < 1.29 is 4.39 Å². The van der Waals surface area contributed by atoms with Gasteiger partial charge in [-0.25, -0.2) is 9.37 Å². The minimum Gasteiger partial charge on any atom is -0.337 e. The lowest BCUT2D eigenvalue weighted by Gasteiger charge is -2.24. The fourth-order valence-corrected chi connectivity index (χ4v) is 3.26. The molecule has 0 bridgehead atoms. The number of hydrogen-bond donors (Lipinski definition) is 2. The summed E-state index contributed by atoms with van der Waals surface area (Å²) >= 11 is 0. The van der Waals surface area contributed by atoms with Crippen molar-refractivity contribution in [2.45, 2.75) is 45.6 Å². The predicted octanol–water partition coefficient (Wildman–Crippen LogP) is 1.46. The van der Waals surface area contributed by atoms with E-state index in [1.54, 1.807) is 6.20 Å². The van der Waals surface area contributed by atoms with E-state index in [4.69, 9.17) is 0 Å². The number of imidazole rings is 1. The molecule has 2 N–H and O–H groups in total. The zero-order valence-corrected chi connectivity index (χ0v) is 14.0. The number of nitrogens with one attached hydrogen (secondary N) is 2. The summed E-state index contributed by atoms with van der Waals surface area (Å²) in [6, 6.07) is 0.203. The van der Waals surface area contributed by atoms with E-state index in [0.717, 1.165) is 30.3 Å². The summed E-state index contributed by atoms with van der Waals surface area (Å²) < 4.78 is 15.9. The lowest BCUT2D eigenvalue weighted by atomic mass is 10.1. The number of nitrogens with zero attached hydrogens (tertiary/aromatic N) is 4. The second-order valence-corrected chi connectivity index (χ2v) is 6.41. The normalized spacial score (nSPS) is 22.1. The molecule has 1 saturated heterocycles. The molecular formula is C16H25FN6. The molecule has 126 valence electrons. The largest absolute Gasteiger partial charge is 0.337 e. The Kier molecular flexibility index (Phi) is 4.77. The molecule has 0 unspecified atom stereocenters. The Labute approximate surface area is 136 Å². The van der Waals surface area contributed by atoms with Crippen LogP contribution >= 0.6 is 0 Å². The molecule has 3 heterocycles. The van der Waals surface area contributed by atoms with E-state index in [-0.39, 0.29) is 6.04 Å². The molecule has 23 heavy (non-hydrogen) atoms. The quantitative estimate of drug-likeness (QED) is 0.846. The van der Waals surface area contributed by atoms with Crippen molar-refractivity contribution in [2.75, 3.05) is 13.1 Å². The molecule has 2 atom stereocenters. The average Bonchev–Trinajstić information content (AvgIpc) is 3.16. The summed E-state index contributed by atoms with van der Waals surface area (Å²) in [6.45, 7) is 6.74. The van der Waals surface area contributed by atoms with Crippen molar-refractivity contribution >= 4 is 0 Å². The maximum Gasteiger partial charge on any atom is 0.122 e. The predicted molar refractivity (Wildman–Crippen MR) is 86.7 cm³/mol. The van der Waals surface area contributed by atoms with E-state index in [9.17, 15) is 4.39 Å². The Hall–Kier alpha value is -1.73. The second-order valence-electron chi connectivity index (χ2n) is 6.41. The molecule has 7 heteroatoms. The Morgan fingerprint density at radius 2 is 2.26 bits per heavy atom. The molecule has 0 amide bonds. The van der Waals surface area contributed by atoms with Crippen molar-refractivity contribution in [3.63, 3.8) is 0 Å². The summed E-state index contributed by atoms with van der Waals surface area (Å²) in [5.41, 5.74) is 3.32. The van der Waals surface area contributed by atoms with Gasteiger partial charge in [0, 0.05) is 56.4 Å². The number of halogens is 1. The zero-order chi connectivity index (χ0) is 16.4. The number of aromatic nitrogens is 4. The number of likely N-dealkylation sites (tertiary alicyclic amines) is 1. The lowest BCUT2D eigenvalue weighted by molar-refractivity contribution is 0.223. The van der Waals surface area contributed by atoms with Gasteiger partial charge in [0.2, 0.25) is 0 Å². The van der Waals surface area contributed by atoms with Gasteiger partial charge in [-0.05, 0) is 20.3 Å². The standard InChI is InChI=1S/C16H25FN6/c1-11-15(12(2)21-20-11)8-18-7-14-6-13(17)9-23(14)10-16-19-4-5-22(16)3/h4-5,13-14,18H,6-10H2,1-3H3,(H,20,21)/t13-,14-/m0/s1. The number of rotatable bonds is 6. The second kappa shape index (κ2) is 6.80. The van der Waals surface area contributed by atoms with E-state index in [0.29, 0.717) is 19.5 Å². The van der Waals surface area contributed by atoms with Gasteiger partial charge in [-0.15, -0.1) is 0 Å². The summed E-state index contributed by atoms with van der Waals surface area (Å²) in [4.78, 5) is 6.54. The van der Waals surface area contributed by atoms with Crippen molar-refractivity contribution in [3.8, 4) is 0 Å². The van der Waals surface area contributed by atoms with Gasteiger partial charge in [0.05, 0.1) is 12.2 Å². The first-order valence-corrected chi connectivity index (χ1v) is 8.10. The van der Waals surface area contributed by atoms with Gasteiger partial charge in [0.15, 0.2) is 0 Å². The van der Waals surface area contributed by atoms with Crippen LogP contribution in [0.25, 0.3) is 0 Å². The summed E-state index contributed by atoms with van der Waals surface area (Å²) in [5.74, 6) is 0.977. The van der Waals surface area contributed by atoms with Crippen molar-refractivity contribution in [1.82, 2.24) is 30.0 Å². The van der Waals surface area contributed by atoms with Crippen molar-refractivity contribution in [3.05, 3.63) is 35.2 Å². The highest BCUT2D eigenvalue weighted by Gasteiger charge is 2.32. The minimum absolute atomic E-state index is 0.203. The van der Waals surface area contributed by atoms with E-state index >= 15 is 0 Å².